The topological polar surface area (TPSA) is 93.7 Å². The van der Waals surface area contributed by atoms with Gasteiger partial charge in [-0.15, -0.1) is 0 Å². The van der Waals surface area contributed by atoms with Gasteiger partial charge in [0.05, 0.1) is 12.0 Å². The van der Waals surface area contributed by atoms with Gasteiger partial charge in [0.25, 0.3) is 5.91 Å². The highest BCUT2D eigenvalue weighted by molar-refractivity contribution is 7.89. The minimum absolute atomic E-state index is 0.140. The highest BCUT2D eigenvalue weighted by Gasteiger charge is 2.17. The van der Waals surface area contributed by atoms with Crippen molar-refractivity contribution in [3.8, 4) is 11.5 Å². The largest absolute Gasteiger partial charge is 0.497 e. The van der Waals surface area contributed by atoms with Gasteiger partial charge in [-0.1, -0.05) is 26.0 Å². The van der Waals surface area contributed by atoms with Crippen LogP contribution >= 0.6 is 0 Å². The summed E-state index contributed by atoms with van der Waals surface area (Å²) < 4.78 is 38.3. The van der Waals surface area contributed by atoms with Crippen LogP contribution in [0, 0.1) is 5.92 Å². The third-order valence-electron chi connectivity index (χ3n) is 4.37. The molecule has 2 aromatic carbocycles. The van der Waals surface area contributed by atoms with Crippen molar-refractivity contribution in [3.63, 3.8) is 0 Å². The molecule has 0 fully saturated rings. The number of sulfonamides is 1. The summed E-state index contributed by atoms with van der Waals surface area (Å²) in [7, 11) is -2.03. The Bertz CT molecular complexity index is 910. The third-order valence-corrected chi connectivity index (χ3v) is 5.84. The second kappa shape index (κ2) is 11.0. The summed E-state index contributed by atoms with van der Waals surface area (Å²) >= 11 is 0. The lowest BCUT2D eigenvalue weighted by Crippen LogP contribution is -2.38. The van der Waals surface area contributed by atoms with Gasteiger partial charge >= 0.3 is 0 Å². The van der Waals surface area contributed by atoms with Gasteiger partial charge in [-0.05, 0) is 61.2 Å². The molecule has 1 atom stereocenters. The van der Waals surface area contributed by atoms with Gasteiger partial charge < -0.3 is 14.8 Å². The van der Waals surface area contributed by atoms with Crippen molar-refractivity contribution < 1.29 is 22.7 Å². The Morgan fingerprint density at radius 3 is 2.13 bits per heavy atom. The number of carbonyl (C=O) groups is 1. The van der Waals surface area contributed by atoms with Crippen molar-refractivity contribution in [2.24, 2.45) is 5.92 Å². The summed E-state index contributed by atoms with van der Waals surface area (Å²) in [6.07, 6.45) is -0.109. The van der Waals surface area contributed by atoms with E-state index < -0.39 is 16.1 Å². The molecule has 0 bridgehead atoms. The molecule has 0 heterocycles. The Balaban J connectivity index is 1.88. The van der Waals surface area contributed by atoms with E-state index in [0.29, 0.717) is 24.6 Å². The lowest BCUT2D eigenvalue weighted by molar-refractivity contribution is -0.127. The number of hydrogen-bond acceptors (Lipinski definition) is 5. The average molecular weight is 435 g/mol. The second-order valence-electron chi connectivity index (χ2n) is 7.37. The molecule has 30 heavy (non-hydrogen) atoms. The molecule has 0 spiro atoms. The van der Waals surface area contributed by atoms with E-state index in [9.17, 15) is 13.2 Å². The van der Waals surface area contributed by atoms with E-state index in [4.69, 9.17) is 9.47 Å². The zero-order valence-corrected chi connectivity index (χ0v) is 18.7. The normalized spacial score (nSPS) is 12.4. The molecule has 8 heteroatoms. The fourth-order valence-electron chi connectivity index (χ4n) is 2.61. The molecule has 0 aliphatic carbocycles. The van der Waals surface area contributed by atoms with E-state index in [1.807, 2.05) is 38.1 Å². The fraction of sp³-hybridized carbons (Fsp3) is 0.409. The quantitative estimate of drug-likeness (QED) is 0.567. The van der Waals surface area contributed by atoms with Crippen LogP contribution < -0.4 is 19.5 Å². The molecule has 0 aliphatic heterocycles. The lowest BCUT2D eigenvalue weighted by Gasteiger charge is -2.16. The molecule has 2 rings (SSSR count). The molecule has 164 valence electrons. The highest BCUT2D eigenvalue weighted by atomic mass is 32.2. The monoisotopic (exact) mass is 434 g/mol. The molecule has 0 saturated carbocycles. The highest BCUT2D eigenvalue weighted by Crippen LogP contribution is 2.17. The van der Waals surface area contributed by atoms with Gasteiger partial charge in [0, 0.05) is 13.1 Å². The first-order valence-electron chi connectivity index (χ1n) is 9.88. The van der Waals surface area contributed by atoms with Crippen LogP contribution in [0.15, 0.2) is 53.4 Å². The van der Waals surface area contributed by atoms with Crippen molar-refractivity contribution in [2.75, 3.05) is 20.2 Å². The Hall–Kier alpha value is -2.58. The summed E-state index contributed by atoms with van der Waals surface area (Å²) in [4.78, 5) is 12.1. The number of carbonyl (C=O) groups excluding carboxylic acids is 1. The van der Waals surface area contributed by atoms with Crippen LogP contribution in [0.3, 0.4) is 0 Å². The Morgan fingerprint density at radius 2 is 1.57 bits per heavy atom. The first kappa shape index (κ1) is 23.7. The van der Waals surface area contributed by atoms with Gasteiger partial charge in [0.15, 0.2) is 6.10 Å². The summed E-state index contributed by atoms with van der Waals surface area (Å²) in [6.45, 7) is 6.53. The lowest BCUT2D eigenvalue weighted by atomic mass is 10.1. The molecule has 2 aromatic rings. The molecule has 0 unspecified atom stereocenters. The molecule has 1 amide bonds. The molecule has 2 N–H and O–H groups in total. The predicted octanol–water partition coefficient (Wildman–Crippen LogP) is 2.76. The van der Waals surface area contributed by atoms with E-state index in [2.05, 4.69) is 10.0 Å². The number of nitrogens with one attached hydrogen (secondary N) is 2. The van der Waals surface area contributed by atoms with Crippen LogP contribution in [-0.2, 0) is 21.2 Å². The van der Waals surface area contributed by atoms with E-state index in [1.165, 1.54) is 12.1 Å². The molecule has 0 saturated heterocycles. The van der Waals surface area contributed by atoms with Crippen LogP contribution in [0.1, 0.15) is 26.3 Å². The summed E-state index contributed by atoms with van der Waals surface area (Å²) in [5, 5.41) is 2.80. The minimum atomic E-state index is -3.63. The third kappa shape index (κ3) is 7.35. The summed E-state index contributed by atoms with van der Waals surface area (Å²) in [5.74, 6) is 1.33. The van der Waals surface area contributed by atoms with E-state index in [1.54, 1.807) is 26.2 Å². The first-order chi connectivity index (χ1) is 14.2. The maximum absolute atomic E-state index is 12.5. The molecule has 0 radical (unpaired) electrons. The fourth-order valence-corrected chi connectivity index (χ4v) is 3.64. The van der Waals surface area contributed by atoms with Crippen LogP contribution in [0.5, 0.6) is 11.5 Å². The first-order valence-corrected chi connectivity index (χ1v) is 11.4. The van der Waals surface area contributed by atoms with Crippen LogP contribution in [0.25, 0.3) is 0 Å². The number of methoxy groups -OCH3 is 1. The van der Waals surface area contributed by atoms with Crippen molar-refractivity contribution in [1.82, 2.24) is 10.0 Å². The number of rotatable bonds is 11. The molecular formula is C22H30N2O5S. The maximum atomic E-state index is 12.5. The van der Waals surface area contributed by atoms with Gasteiger partial charge in [-0.25, -0.2) is 13.1 Å². The molecular weight excluding hydrogens is 404 g/mol. The van der Waals surface area contributed by atoms with Crippen molar-refractivity contribution in [2.45, 2.75) is 38.2 Å². The smallest absolute Gasteiger partial charge is 0.260 e. The molecule has 0 aromatic heterocycles. The zero-order chi connectivity index (χ0) is 22.1. The van der Waals surface area contributed by atoms with Gasteiger partial charge in [-0.3, -0.25) is 4.79 Å². The molecule has 7 nitrogen and oxygen atoms in total. The van der Waals surface area contributed by atoms with Gasteiger partial charge in [0.2, 0.25) is 10.0 Å². The number of amides is 1. The van der Waals surface area contributed by atoms with Crippen molar-refractivity contribution >= 4 is 15.9 Å². The zero-order valence-electron chi connectivity index (χ0n) is 17.8. The SMILES string of the molecule is COc1ccc(CCNS(=O)(=O)c2ccc(O[C@H](C)C(=O)NCC(C)C)cc2)cc1. The van der Waals surface area contributed by atoms with E-state index in [0.717, 1.165) is 11.3 Å². The summed E-state index contributed by atoms with van der Waals surface area (Å²) in [5.41, 5.74) is 1.01. The Labute approximate surface area is 178 Å². The second-order valence-corrected chi connectivity index (χ2v) is 9.13. The number of ether oxygens (including phenoxy) is 2. The summed E-state index contributed by atoms with van der Waals surface area (Å²) in [6, 6.07) is 13.5. The van der Waals surface area contributed by atoms with Crippen LogP contribution in [0.2, 0.25) is 0 Å². The number of benzene rings is 2. The predicted molar refractivity (Wildman–Crippen MR) is 116 cm³/mol. The molecule has 0 aliphatic rings. The van der Waals surface area contributed by atoms with Crippen molar-refractivity contribution in [3.05, 3.63) is 54.1 Å². The Morgan fingerprint density at radius 1 is 0.967 bits per heavy atom. The number of hydrogen-bond donors (Lipinski definition) is 2. The maximum Gasteiger partial charge on any atom is 0.260 e. The minimum Gasteiger partial charge on any atom is -0.497 e. The van der Waals surface area contributed by atoms with Crippen LogP contribution in [0.4, 0.5) is 0 Å². The van der Waals surface area contributed by atoms with E-state index in [-0.39, 0.29) is 17.3 Å². The van der Waals surface area contributed by atoms with Crippen molar-refractivity contribution in [1.29, 1.82) is 0 Å². The standard InChI is InChI=1S/C22H30N2O5S/c1-16(2)15-23-22(25)17(3)29-20-9-11-21(12-10-20)30(26,27)24-14-13-18-5-7-19(28-4)8-6-18/h5-12,16-17,24H,13-15H2,1-4H3,(H,23,25)/t17-/m1/s1. The van der Waals surface area contributed by atoms with Crippen LogP contribution in [-0.4, -0.2) is 40.6 Å². The van der Waals surface area contributed by atoms with Gasteiger partial charge in [0.1, 0.15) is 11.5 Å². The Kier molecular flexibility index (Phi) is 8.68. The average Bonchev–Trinajstić information content (AvgIpc) is 2.72. The van der Waals surface area contributed by atoms with E-state index >= 15 is 0 Å². The van der Waals surface area contributed by atoms with Gasteiger partial charge in [-0.2, -0.15) is 0 Å².